The van der Waals surface area contributed by atoms with Crippen molar-refractivity contribution in [3.8, 4) is 11.1 Å². The van der Waals surface area contributed by atoms with Gasteiger partial charge in [-0.2, -0.15) is 0 Å². The van der Waals surface area contributed by atoms with Crippen molar-refractivity contribution in [3.05, 3.63) is 58.7 Å². The quantitative estimate of drug-likeness (QED) is 0.460. The van der Waals surface area contributed by atoms with E-state index in [0.717, 1.165) is 42.4 Å². The summed E-state index contributed by atoms with van der Waals surface area (Å²) in [6, 6.07) is 4.40. The summed E-state index contributed by atoms with van der Waals surface area (Å²) in [5.41, 5.74) is 1.06. The molecule has 0 N–H and O–H groups in total. The zero-order valence-corrected chi connectivity index (χ0v) is 16.9. The first kappa shape index (κ1) is 20.4. The largest absolute Gasteiger partial charge is 0.206 e. The highest BCUT2D eigenvalue weighted by molar-refractivity contribution is 5.67. The third kappa shape index (κ3) is 4.36. The second-order valence-electron chi connectivity index (χ2n) is 9.13. The molecule has 0 aliphatic heterocycles. The predicted octanol–water partition coefficient (Wildman–Crippen LogP) is 7.62. The first-order valence-corrected chi connectivity index (χ1v) is 10.9. The second kappa shape index (κ2) is 8.49. The van der Waals surface area contributed by atoms with Crippen LogP contribution in [-0.2, 0) is 12.8 Å². The monoisotopic (exact) mass is 404 g/mol. The number of hydrogen-bond donors (Lipinski definition) is 0. The van der Waals surface area contributed by atoms with Gasteiger partial charge in [0.15, 0.2) is 11.6 Å². The Morgan fingerprint density at radius 2 is 1.52 bits per heavy atom. The molecule has 0 radical (unpaired) electrons. The summed E-state index contributed by atoms with van der Waals surface area (Å²) >= 11 is 0. The van der Waals surface area contributed by atoms with E-state index in [0.29, 0.717) is 24.3 Å². The highest BCUT2D eigenvalue weighted by Gasteiger charge is 2.27. The van der Waals surface area contributed by atoms with Crippen LogP contribution < -0.4 is 0 Å². The highest BCUT2D eigenvalue weighted by Crippen LogP contribution is 2.38. The van der Waals surface area contributed by atoms with E-state index >= 15 is 4.39 Å². The average molecular weight is 404 g/mol. The summed E-state index contributed by atoms with van der Waals surface area (Å²) in [6.07, 6.45) is 9.77. The zero-order chi connectivity index (χ0) is 20.5. The number of hydrogen-bond acceptors (Lipinski definition) is 0. The van der Waals surface area contributed by atoms with Crippen molar-refractivity contribution in [2.75, 3.05) is 0 Å². The van der Waals surface area contributed by atoms with E-state index in [-0.39, 0.29) is 11.1 Å². The molecule has 2 aromatic carbocycles. The first-order valence-electron chi connectivity index (χ1n) is 10.9. The SMILES string of the molecule is CC1CCC(CCC2CCc3c(cc(F)c(-c4ccc(F)c(F)c4)c3F)C2)CC1. The van der Waals surface area contributed by atoms with Crippen LogP contribution in [0.1, 0.15) is 63.0 Å². The third-order valence-electron chi connectivity index (χ3n) is 7.05. The maximum atomic E-state index is 15.1. The summed E-state index contributed by atoms with van der Waals surface area (Å²) in [5.74, 6) is -1.33. The molecule has 2 aromatic rings. The predicted molar refractivity (Wildman–Crippen MR) is 108 cm³/mol. The van der Waals surface area contributed by atoms with Gasteiger partial charge in [0.25, 0.3) is 0 Å². The molecule has 29 heavy (non-hydrogen) atoms. The van der Waals surface area contributed by atoms with Gasteiger partial charge < -0.3 is 0 Å². The van der Waals surface area contributed by atoms with Crippen molar-refractivity contribution in [2.45, 2.75) is 64.7 Å². The van der Waals surface area contributed by atoms with Gasteiger partial charge in [-0.25, -0.2) is 17.6 Å². The molecule has 4 rings (SSSR count). The van der Waals surface area contributed by atoms with E-state index in [1.165, 1.54) is 44.2 Å². The minimum atomic E-state index is -1.10. The lowest BCUT2D eigenvalue weighted by molar-refractivity contribution is 0.255. The summed E-state index contributed by atoms with van der Waals surface area (Å²) in [7, 11) is 0. The van der Waals surface area contributed by atoms with Crippen LogP contribution in [0.3, 0.4) is 0 Å². The lowest BCUT2D eigenvalue weighted by Gasteiger charge is -2.30. The molecule has 2 aliphatic rings. The van der Waals surface area contributed by atoms with Crippen molar-refractivity contribution in [1.29, 1.82) is 0 Å². The maximum absolute atomic E-state index is 15.1. The molecule has 0 heterocycles. The van der Waals surface area contributed by atoms with E-state index in [4.69, 9.17) is 0 Å². The fourth-order valence-corrected chi connectivity index (χ4v) is 5.17. The van der Waals surface area contributed by atoms with E-state index in [1.54, 1.807) is 0 Å². The summed E-state index contributed by atoms with van der Waals surface area (Å²) in [5, 5.41) is 0. The Kier molecular flexibility index (Phi) is 5.98. The molecular weight excluding hydrogens is 376 g/mol. The normalized spacial score (nSPS) is 24.4. The first-order chi connectivity index (χ1) is 13.9. The van der Waals surface area contributed by atoms with Crippen LogP contribution in [-0.4, -0.2) is 0 Å². The maximum Gasteiger partial charge on any atom is 0.159 e. The summed E-state index contributed by atoms with van der Waals surface area (Å²) < 4.78 is 56.6. The Labute approximate surface area is 170 Å². The molecule has 2 aliphatic carbocycles. The van der Waals surface area contributed by atoms with Crippen LogP contribution in [0.4, 0.5) is 17.6 Å². The van der Waals surface area contributed by atoms with Crippen molar-refractivity contribution in [3.63, 3.8) is 0 Å². The van der Waals surface area contributed by atoms with E-state index < -0.39 is 23.3 Å². The average Bonchev–Trinajstić information content (AvgIpc) is 2.70. The van der Waals surface area contributed by atoms with Gasteiger partial charge in [0, 0.05) is 0 Å². The molecule has 4 heteroatoms. The van der Waals surface area contributed by atoms with Gasteiger partial charge in [0.2, 0.25) is 0 Å². The Morgan fingerprint density at radius 1 is 0.793 bits per heavy atom. The van der Waals surface area contributed by atoms with Gasteiger partial charge in [-0.05, 0) is 78.3 Å². The molecule has 1 fully saturated rings. The van der Waals surface area contributed by atoms with E-state index in [2.05, 4.69) is 6.92 Å². The van der Waals surface area contributed by atoms with E-state index in [1.807, 2.05) is 0 Å². The van der Waals surface area contributed by atoms with Crippen LogP contribution in [0.5, 0.6) is 0 Å². The number of fused-ring (bicyclic) bond motifs is 1. The Morgan fingerprint density at radius 3 is 2.24 bits per heavy atom. The molecular formula is C25H28F4. The molecule has 1 saturated carbocycles. The van der Waals surface area contributed by atoms with Crippen LogP contribution in [0, 0.1) is 41.0 Å². The van der Waals surface area contributed by atoms with Gasteiger partial charge in [-0.1, -0.05) is 45.1 Å². The summed E-state index contributed by atoms with van der Waals surface area (Å²) in [4.78, 5) is 0. The number of benzene rings is 2. The smallest absolute Gasteiger partial charge is 0.159 e. The molecule has 1 unspecified atom stereocenters. The molecule has 0 nitrogen and oxygen atoms in total. The Hall–Kier alpha value is -1.84. The molecule has 0 amide bonds. The van der Waals surface area contributed by atoms with Gasteiger partial charge in [0.05, 0.1) is 5.56 Å². The Balaban J connectivity index is 1.49. The molecule has 1 atom stereocenters. The molecule has 0 saturated heterocycles. The van der Waals surface area contributed by atoms with Gasteiger partial charge >= 0.3 is 0 Å². The van der Waals surface area contributed by atoms with Crippen molar-refractivity contribution < 1.29 is 17.6 Å². The third-order valence-corrected chi connectivity index (χ3v) is 7.05. The van der Waals surface area contributed by atoms with Crippen molar-refractivity contribution >= 4 is 0 Å². The fourth-order valence-electron chi connectivity index (χ4n) is 5.17. The van der Waals surface area contributed by atoms with E-state index in [9.17, 15) is 13.2 Å². The minimum absolute atomic E-state index is 0.0374. The van der Waals surface area contributed by atoms with Crippen LogP contribution in [0.25, 0.3) is 11.1 Å². The topological polar surface area (TPSA) is 0 Å². The lowest BCUT2D eigenvalue weighted by atomic mass is 9.76. The van der Waals surface area contributed by atoms with Crippen molar-refractivity contribution in [2.24, 2.45) is 17.8 Å². The lowest BCUT2D eigenvalue weighted by Crippen LogP contribution is -2.19. The standard InChI is InChI=1S/C25H28F4/c1-15-2-4-16(5-3-15)6-7-17-8-10-20-19(12-17)14-23(28)24(25(20)29)18-9-11-21(26)22(27)13-18/h9,11,13-17H,2-8,10,12H2,1H3. The zero-order valence-electron chi connectivity index (χ0n) is 16.9. The molecule has 156 valence electrons. The van der Waals surface area contributed by atoms with Crippen LogP contribution in [0.2, 0.25) is 0 Å². The Bertz CT molecular complexity index is 881. The fraction of sp³-hybridized carbons (Fsp3) is 0.520. The minimum Gasteiger partial charge on any atom is -0.206 e. The van der Waals surface area contributed by atoms with Crippen LogP contribution in [0.15, 0.2) is 24.3 Å². The molecule has 0 bridgehead atoms. The van der Waals surface area contributed by atoms with Gasteiger partial charge in [-0.15, -0.1) is 0 Å². The van der Waals surface area contributed by atoms with Gasteiger partial charge in [-0.3, -0.25) is 0 Å². The van der Waals surface area contributed by atoms with Crippen LogP contribution >= 0.6 is 0 Å². The second-order valence-corrected chi connectivity index (χ2v) is 9.13. The molecule has 0 spiro atoms. The van der Waals surface area contributed by atoms with Crippen molar-refractivity contribution in [1.82, 2.24) is 0 Å². The highest BCUT2D eigenvalue weighted by atomic mass is 19.2. The number of rotatable bonds is 4. The van der Waals surface area contributed by atoms with Gasteiger partial charge in [0.1, 0.15) is 11.6 Å². The summed E-state index contributed by atoms with van der Waals surface area (Å²) in [6.45, 7) is 2.33. The number of halogens is 4. The molecule has 0 aromatic heterocycles.